The predicted octanol–water partition coefficient (Wildman–Crippen LogP) is 7.25. The molecule has 1 atom stereocenters. The summed E-state index contributed by atoms with van der Waals surface area (Å²) in [7, 11) is -1.33. The second-order valence-corrected chi connectivity index (χ2v) is 19.1. The van der Waals surface area contributed by atoms with Gasteiger partial charge in [0.25, 0.3) is 5.91 Å². The molecule has 3 aromatic rings. The number of amides is 1. The van der Waals surface area contributed by atoms with Gasteiger partial charge in [-0.3, -0.25) is 4.79 Å². The summed E-state index contributed by atoms with van der Waals surface area (Å²) in [6.45, 7) is 8.92. The molecule has 240 valence electrons. The number of nitrogens with zero attached hydrogens (tertiary/aromatic N) is 5. The molecule has 1 unspecified atom stereocenters. The summed E-state index contributed by atoms with van der Waals surface area (Å²) >= 11 is 14.7. The fourth-order valence-corrected chi connectivity index (χ4v) is 6.80. The molecule has 0 bridgehead atoms. The van der Waals surface area contributed by atoms with E-state index in [4.69, 9.17) is 32.9 Å². The Hall–Kier alpha value is -2.65. The van der Waals surface area contributed by atoms with E-state index in [9.17, 15) is 22.8 Å². The second-order valence-electron chi connectivity index (χ2n) is 11.6. The third-order valence-corrected chi connectivity index (χ3v) is 10.6. The van der Waals surface area contributed by atoms with Crippen molar-refractivity contribution in [3.63, 3.8) is 0 Å². The maximum absolute atomic E-state index is 13.9. The van der Waals surface area contributed by atoms with Gasteiger partial charge in [-0.05, 0) is 59.1 Å². The number of carbonyl (C=O) groups excluding carboxylic acids is 1. The molecule has 2 aromatic heterocycles. The summed E-state index contributed by atoms with van der Waals surface area (Å²) in [6.07, 6.45) is -4.42. The summed E-state index contributed by atoms with van der Waals surface area (Å²) in [5.41, 5.74) is 0.409. The van der Waals surface area contributed by atoms with E-state index in [1.807, 2.05) is 19.1 Å². The highest BCUT2D eigenvalue weighted by atomic mass is 35.5. The lowest BCUT2D eigenvalue weighted by Crippen LogP contribution is -2.38. The van der Waals surface area contributed by atoms with E-state index in [1.54, 1.807) is 12.1 Å². The van der Waals surface area contributed by atoms with E-state index in [2.05, 4.69) is 30.1 Å². The molecule has 4 rings (SSSR count). The molecule has 1 aromatic carbocycles. The Bertz CT molecular complexity index is 1570. The smallest absolute Gasteiger partial charge is 0.389 e. The van der Waals surface area contributed by atoms with Gasteiger partial charge in [0.15, 0.2) is 0 Å². The molecule has 16 heteroatoms. The van der Waals surface area contributed by atoms with Gasteiger partial charge in [0.1, 0.15) is 18.2 Å². The number of thiophene rings is 1. The van der Waals surface area contributed by atoms with Gasteiger partial charge < -0.3 is 9.47 Å². The fourth-order valence-electron chi connectivity index (χ4n) is 4.50. The normalized spacial score (nSPS) is 16.2. The third-order valence-electron chi connectivity index (χ3n) is 6.93. The van der Waals surface area contributed by atoms with E-state index in [0.29, 0.717) is 23.5 Å². The number of carbonyl (C=O) groups is 1. The number of alkyl halides is 3. The van der Waals surface area contributed by atoms with Crippen LogP contribution in [-0.2, 0) is 22.7 Å². The van der Waals surface area contributed by atoms with Gasteiger partial charge in [-0.15, -0.1) is 11.3 Å². The molecular formula is C28H34Cl2F3N5O4SSi. The summed E-state index contributed by atoms with van der Waals surface area (Å²) in [5, 5.41) is 8.17. The van der Waals surface area contributed by atoms with Gasteiger partial charge in [-0.2, -0.15) is 22.5 Å². The molecule has 0 fully saturated rings. The third kappa shape index (κ3) is 8.53. The number of halogens is 5. The monoisotopic (exact) mass is 691 g/mol. The number of hydrogen-bond donors (Lipinski definition) is 0. The first-order valence-corrected chi connectivity index (χ1v) is 19.3. The highest BCUT2D eigenvalue weighted by molar-refractivity contribution is 7.13. The van der Waals surface area contributed by atoms with Crippen molar-refractivity contribution in [3.05, 3.63) is 61.2 Å². The average molecular weight is 693 g/mol. The van der Waals surface area contributed by atoms with Crippen LogP contribution in [0.15, 0.2) is 35.1 Å². The first kappa shape index (κ1) is 34.2. The maximum Gasteiger partial charge on any atom is 0.389 e. The van der Waals surface area contributed by atoms with Crippen LogP contribution in [0.3, 0.4) is 0 Å². The van der Waals surface area contributed by atoms with Crippen molar-refractivity contribution in [1.82, 2.24) is 24.2 Å². The van der Waals surface area contributed by atoms with Gasteiger partial charge in [0.2, 0.25) is 0 Å². The van der Waals surface area contributed by atoms with Crippen LogP contribution in [0.5, 0.6) is 5.75 Å². The van der Waals surface area contributed by atoms with Crippen LogP contribution in [0, 0.1) is 0 Å². The number of hydrogen-bond acceptors (Lipinski definition) is 7. The summed E-state index contributed by atoms with van der Waals surface area (Å²) < 4.78 is 51.5. The molecule has 3 heterocycles. The van der Waals surface area contributed by atoms with Crippen LogP contribution in [0.4, 0.5) is 13.2 Å². The topological polar surface area (TPSA) is 91.5 Å². The first-order chi connectivity index (χ1) is 20.7. The lowest BCUT2D eigenvalue weighted by atomic mass is 9.92. The minimum Gasteiger partial charge on any atom is -0.494 e. The molecule has 1 amide bonds. The molecule has 1 aliphatic rings. The Morgan fingerprint density at radius 3 is 2.50 bits per heavy atom. The average Bonchev–Trinajstić information content (AvgIpc) is 3.56. The Morgan fingerprint density at radius 2 is 1.86 bits per heavy atom. The molecule has 0 spiro atoms. The van der Waals surface area contributed by atoms with E-state index in [1.165, 1.54) is 17.4 Å². The molecule has 0 saturated carbocycles. The Morgan fingerprint density at radius 1 is 1.11 bits per heavy atom. The van der Waals surface area contributed by atoms with Crippen LogP contribution >= 0.6 is 34.7 Å². The molecule has 44 heavy (non-hydrogen) atoms. The molecule has 0 saturated heterocycles. The summed E-state index contributed by atoms with van der Waals surface area (Å²) in [6, 6.07) is 8.72. The number of aromatic nitrogens is 4. The molecular weight excluding hydrogens is 658 g/mol. The molecule has 0 aliphatic carbocycles. The van der Waals surface area contributed by atoms with Crippen LogP contribution in [-0.4, -0.2) is 57.6 Å². The lowest BCUT2D eigenvalue weighted by molar-refractivity contribution is -0.136. The van der Waals surface area contributed by atoms with Crippen molar-refractivity contribution in [2.75, 3.05) is 13.2 Å². The summed E-state index contributed by atoms with van der Waals surface area (Å²) in [5.74, 6) is -0.372. The number of benzene rings is 1. The molecule has 0 N–H and O–H groups in total. The van der Waals surface area contributed by atoms with Crippen LogP contribution in [0.1, 0.15) is 47.5 Å². The van der Waals surface area contributed by atoms with Gasteiger partial charge in [-0.25, -0.2) is 9.21 Å². The maximum atomic E-state index is 13.9. The van der Waals surface area contributed by atoms with Crippen molar-refractivity contribution >= 4 is 60.0 Å². The number of rotatable bonds is 13. The Kier molecular flexibility index (Phi) is 11.0. The van der Waals surface area contributed by atoms with Gasteiger partial charge in [0.05, 0.1) is 12.6 Å². The van der Waals surface area contributed by atoms with Crippen molar-refractivity contribution in [2.45, 2.75) is 77.2 Å². The van der Waals surface area contributed by atoms with Crippen molar-refractivity contribution in [1.29, 1.82) is 0 Å². The minimum atomic E-state index is -4.26. The van der Waals surface area contributed by atoms with Crippen LogP contribution in [0.25, 0.3) is 11.3 Å². The highest BCUT2D eigenvalue weighted by Gasteiger charge is 2.39. The van der Waals surface area contributed by atoms with Crippen LogP contribution < -0.4 is 10.4 Å². The highest BCUT2D eigenvalue weighted by Crippen LogP contribution is 2.45. The summed E-state index contributed by atoms with van der Waals surface area (Å²) in [4.78, 5) is 29.1. The number of aryl methyl sites for hydroxylation is 1. The zero-order chi connectivity index (χ0) is 32.2. The largest absolute Gasteiger partial charge is 0.494 e. The lowest BCUT2D eigenvalue weighted by Gasteiger charge is -2.33. The van der Waals surface area contributed by atoms with E-state index in [-0.39, 0.29) is 36.9 Å². The van der Waals surface area contributed by atoms with E-state index >= 15 is 0 Å². The van der Waals surface area contributed by atoms with E-state index in [0.717, 1.165) is 36.0 Å². The second kappa shape index (κ2) is 14.2. The van der Waals surface area contributed by atoms with Crippen molar-refractivity contribution in [3.8, 4) is 5.75 Å². The minimum absolute atomic E-state index is 0.0140. The predicted molar refractivity (Wildman–Crippen MR) is 167 cm³/mol. The SMILES string of the molecule is CCc1ccc(C2=C(n3nnn(COCC[Si](C)(C)C)c3=O)C(=O)N(Cl)C(c3ccc(OCCCC(F)(F)F)cc3Cl)C2)s1. The number of ether oxygens (including phenoxy) is 2. The molecule has 9 nitrogen and oxygen atoms in total. The quantitative estimate of drug-likeness (QED) is 0.107. The molecule has 0 radical (unpaired) electrons. The van der Waals surface area contributed by atoms with Crippen LogP contribution in [0.2, 0.25) is 30.7 Å². The van der Waals surface area contributed by atoms with Crippen molar-refractivity contribution in [2.24, 2.45) is 0 Å². The molecule has 1 aliphatic heterocycles. The first-order valence-electron chi connectivity index (χ1n) is 14.1. The Labute approximate surface area is 268 Å². The number of tetrazole rings is 1. The van der Waals surface area contributed by atoms with Gasteiger partial charge in [0, 0.05) is 59.6 Å². The van der Waals surface area contributed by atoms with Crippen molar-refractivity contribution < 1.29 is 27.4 Å². The van der Waals surface area contributed by atoms with E-state index < -0.39 is 38.3 Å². The zero-order valence-electron chi connectivity index (χ0n) is 24.8. The van der Waals surface area contributed by atoms with Gasteiger partial charge >= 0.3 is 11.9 Å². The standard InChI is InChI=1S/C28H34Cl2F3N5O4SSi/c1-5-19-8-10-24(43-19)21-16-23(20-9-7-18(15-22(20)29)42-12-6-11-28(31,32)33)37(30)26(39)25(21)38-27(40)36(34-35-38)17-41-13-14-44(2,3)4/h7-10,15,23H,5-6,11-14,16-17H2,1-4H3. The van der Waals surface area contributed by atoms with Gasteiger partial charge in [-0.1, -0.05) is 44.2 Å². The fraction of sp³-hybridized carbons (Fsp3) is 0.500. The zero-order valence-corrected chi connectivity index (χ0v) is 28.1. The Balaban J connectivity index is 1.63.